The maximum Gasteiger partial charge on any atom is 0.328 e. The molecule has 2 aromatic carbocycles. The molecule has 132 valence electrons. The highest BCUT2D eigenvalue weighted by atomic mass is 16.4. The monoisotopic (exact) mass is 340 g/mol. The van der Waals surface area contributed by atoms with Crippen LogP contribution >= 0.6 is 0 Å². The van der Waals surface area contributed by atoms with Gasteiger partial charge in [0.05, 0.1) is 6.10 Å². The molecule has 0 fully saturated rings. The van der Waals surface area contributed by atoms with Gasteiger partial charge in [-0.3, -0.25) is 0 Å². The molecule has 0 heterocycles. The lowest BCUT2D eigenvalue weighted by atomic mass is 9.97. The molecule has 0 aliphatic heterocycles. The smallest absolute Gasteiger partial charge is 0.328 e. The number of rotatable bonds is 9. The predicted molar refractivity (Wildman–Crippen MR) is 98.5 cm³/mol. The fourth-order valence-corrected chi connectivity index (χ4v) is 2.82. The van der Waals surface area contributed by atoms with Crippen LogP contribution in [0.5, 0.6) is 5.75 Å². The Morgan fingerprint density at radius 2 is 1.80 bits per heavy atom. The van der Waals surface area contributed by atoms with E-state index in [1.165, 1.54) is 11.6 Å². The molecule has 0 aliphatic rings. The quantitative estimate of drug-likeness (QED) is 0.479. The molecule has 0 unspecified atom stereocenters. The number of phenolic OH excluding ortho intramolecular Hbond substituents is 1. The molecule has 4 heteroatoms. The van der Waals surface area contributed by atoms with Gasteiger partial charge < -0.3 is 15.3 Å². The molecule has 0 saturated carbocycles. The summed E-state index contributed by atoms with van der Waals surface area (Å²) in [7, 11) is 0. The van der Waals surface area contributed by atoms with Crippen molar-refractivity contribution in [2.45, 2.75) is 38.2 Å². The topological polar surface area (TPSA) is 77.8 Å². The van der Waals surface area contributed by atoms with Gasteiger partial charge in [0, 0.05) is 18.1 Å². The second-order valence-corrected chi connectivity index (χ2v) is 6.11. The second kappa shape index (κ2) is 9.64. The standard InChI is InChI=1S/C21H24O4/c22-18(11-5-4-9-16-7-2-1-3-8-16)15-19-17(13-14-21(24)25)10-6-12-20(19)23/h1-3,6-8,10,12-14,18,22-23H,4-5,9,11,15H2,(H,24,25)/t18-/m0/s1. The zero-order chi connectivity index (χ0) is 18.1. The Hall–Kier alpha value is -2.59. The first kappa shape index (κ1) is 18.7. The highest BCUT2D eigenvalue weighted by molar-refractivity contribution is 5.85. The van der Waals surface area contributed by atoms with Crippen LogP contribution in [-0.2, 0) is 17.6 Å². The van der Waals surface area contributed by atoms with Gasteiger partial charge >= 0.3 is 5.97 Å². The van der Waals surface area contributed by atoms with Crippen molar-refractivity contribution < 1.29 is 20.1 Å². The molecular formula is C21H24O4. The molecule has 0 saturated heterocycles. The summed E-state index contributed by atoms with van der Waals surface area (Å²) in [5, 5.41) is 29.1. The molecule has 2 aromatic rings. The van der Waals surface area contributed by atoms with Crippen molar-refractivity contribution in [2.75, 3.05) is 0 Å². The van der Waals surface area contributed by atoms with E-state index < -0.39 is 12.1 Å². The third-order valence-electron chi connectivity index (χ3n) is 4.13. The molecule has 0 aromatic heterocycles. The Balaban J connectivity index is 1.87. The molecule has 4 nitrogen and oxygen atoms in total. The van der Waals surface area contributed by atoms with Gasteiger partial charge in [0.2, 0.25) is 0 Å². The van der Waals surface area contributed by atoms with Crippen LogP contribution in [0.2, 0.25) is 0 Å². The first-order valence-corrected chi connectivity index (χ1v) is 8.50. The Bertz CT molecular complexity index is 707. The zero-order valence-corrected chi connectivity index (χ0v) is 14.1. The number of carbonyl (C=O) groups is 1. The summed E-state index contributed by atoms with van der Waals surface area (Å²) in [5.41, 5.74) is 2.49. The van der Waals surface area contributed by atoms with E-state index in [1.807, 2.05) is 18.2 Å². The van der Waals surface area contributed by atoms with Crippen LogP contribution in [0.15, 0.2) is 54.6 Å². The number of carboxylic acid groups (broad SMARTS) is 1. The number of hydrogen-bond acceptors (Lipinski definition) is 3. The lowest BCUT2D eigenvalue weighted by Crippen LogP contribution is -2.11. The number of hydrogen-bond donors (Lipinski definition) is 3. The Labute approximate surface area is 148 Å². The van der Waals surface area contributed by atoms with Gasteiger partial charge in [-0.15, -0.1) is 0 Å². The number of aliphatic hydroxyl groups is 1. The zero-order valence-electron chi connectivity index (χ0n) is 14.1. The highest BCUT2D eigenvalue weighted by Gasteiger charge is 2.12. The van der Waals surface area contributed by atoms with E-state index in [9.17, 15) is 15.0 Å². The van der Waals surface area contributed by atoms with Crippen LogP contribution in [0.3, 0.4) is 0 Å². The lowest BCUT2D eigenvalue weighted by molar-refractivity contribution is -0.131. The first-order chi connectivity index (χ1) is 12.1. The summed E-state index contributed by atoms with van der Waals surface area (Å²) in [6, 6.07) is 15.2. The van der Waals surface area contributed by atoms with Crippen molar-refractivity contribution in [2.24, 2.45) is 0 Å². The predicted octanol–water partition coefficient (Wildman–Crippen LogP) is 3.81. The number of benzene rings is 2. The van der Waals surface area contributed by atoms with Crippen LogP contribution < -0.4 is 0 Å². The second-order valence-electron chi connectivity index (χ2n) is 6.11. The van der Waals surface area contributed by atoms with Gasteiger partial charge in [-0.1, -0.05) is 48.9 Å². The van der Waals surface area contributed by atoms with Crippen LogP contribution in [0.25, 0.3) is 6.08 Å². The van der Waals surface area contributed by atoms with Crippen LogP contribution in [0.1, 0.15) is 36.0 Å². The van der Waals surface area contributed by atoms with Gasteiger partial charge in [-0.2, -0.15) is 0 Å². The maximum absolute atomic E-state index is 10.7. The van der Waals surface area contributed by atoms with Crippen molar-refractivity contribution in [3.8, 4) is 5.75 Å². The molecule has 1 atom stereocenters. The number of aromatic hydroxyl groups is 1. The number of aliphatic hydroxyl groups excluding tert-OH is 1. The third-order valence-corrected chi connectivity index (χ3v) is 4.13. The van der Waals surface area contributed by atoms with Crippen LogP contribution in [0, 0.1) is 0 Å². The van der Waals surface area contributed by atoms with Gasteiger partial charge in [0.25, 0.3) is 0 Å². The van der Waals surface area contributed by atoms with Crippen LogP contribution in [-0.4, -0.2) is 27.4 Å². The molecule has 0 spiro atoms. The normalized spacial score (nSPS) is 12.4. The minimum Gasteiger partial charge on any atom is -0.508 e. The Morgan fingerprint density at radius 3 is 2.52 bits per heavy atom. The fourth-order valence-electron chi connectivity index (χ4n) is 2.82. The van der Waals surface area contributed by atoms with Crippen molar-refractivity contribution >= 4 is 12.0 Å². The summed E-state index contributed by atoms with van der Waals surface area (Å²) in [6.45, 7) is 0. The van der Waals surface area contributed by atoms with Crippen molar-refractivity contribution in [1.82, 2.24) is 0 Å². The maximum atomic E-state index is 10.7. The van der Waals surface area contributed by atoms with E-state index in [-0.39, 0.29) is 5.75 Å². The largest absolute Gasteiger partial charge is 0.508 e. The average molecular weight is 340 g/mol. The average Bonchev–Trinajstić information content (AvgIpc) is 2.60. The minimum absolute atomic E-state index is 0.0795. The molecule has 25 heavy (non-hydrogen) atoms. The third kappa shape index (κ3) is 6.43. The fraction of sp³-hybridized carbons (Fsp3) is 0.286. The summed E-state index contributed by atoms with van der Waals surface area (Å²) < 4.78 is 0. The van der Waals surface area contributed by atoms with E-state index >= 15 is 0 Å². The van der Waals surface area contributed by atoms with E-state index in [4.69, 9.17) is 5.11 Å². The number of aryl methyl sites for hydroxylation is 1. The Morgan fingerprint density at radius 1 is 1.04 bits per heavy atom. The molecule has 0 bridgehead atoms. The highest BCUT2D eigenvalue weighted by Crippen LogP contribution is 2.25. The van der Waals surface area contributed by atoms with E-state index in [2.05, 4.69) is 12.1 Å². The van der Waals surface area contributed by atoms with E-state index in [1.54, 1.807) is 18.2 Å². The van der Waals surface area contributed by atoms with Crippen molar-refractivity contribution in [3.05, 3.63) is 71.3 Å². The van der Waals surface area contributed by atoms with Crippen molar-refractivity contribution in [1.29, 1.82) is 0 Å². The summed E-state index contributed by atoms with van der Waals surface area (Å²) in [4.78, 5) is 10.7. The number of unbranched alkanes of at least 4 members (excludes halogenated alkanes) is 1. The number of carboxylic acids is 1. The summed E-state index contributed by atoms with van der Waals surface area (Å²) >= 11 is 0. The Kier molecular flexibility index (Phi) is 7.23. The summed E-state index contributed by atoms with van der Waals surface area (Å²) in [5.74, 6) is -0.966. The number of phenols is 1. The lowest BCUT2D eigenvalue weighted by Gasteiger charge is -2.14. The molecule has 3 N–H and O–H groups in total. The SMILES string of the molecule is O=C(O)C=Cc1cccc(O)c1C[C@@H](O)CCCCc1ccccc1. The summed E-state index contributed by atoms with van der Waals surface area (Å²) in [6.07, 6.45) is 5.72. The first-order valence-electron chi connectivity index (χ1n) is 8.50. The van der Waals surface area contributed by atoms with E-state index in [0.29, 0.717) is 24.0 Å². The molecule has 2 rings (SSSR count). The van der Waals surface area contributed by atoms with Crippen molar-refractivity contribution in [3.63, 3.8) is 0 Å². The molecule has 0 amide bonds. The van der Waals surface area contributed by atoms with E-state index in [0.717, 1.165) is 25.3 Å². The molecular weight excluding hydrogens is 316 g/mol. The van der Waals surface area contributed by atoms with Gasteiger partial charge in [-0.05, 0) is 42.5 Å². The van der Waals surface area contributed by atoms with Gasteiger partial charge in [0.1, 0.15) is 5.75 Å². The minimum atomic E-state index is -1.05. The molecule has 0 aliphatic carbocycles. The van der Waals surface area contributed by atoms with Gasteiger partial charge in [0.15, 0.2) is 0 Å². The van der Waals surface area contributed by atoms with Gasteiger partial charge in [-0.25, -0.2) is 4.79 Å². The number of aliphatic carboxylic acids is 1. The molecule has 0 radical (unpaired) electrons. The van der Waals surface area contributed by atoms with Crippen LogP contribution in [0.4, 0.5) is 0 Å².